The number of aliphatic hydroxyl groups excluding tert-OH is 1. The molecule has 0 amide bonds. The summed E-state index contributed by atoms with van der Waals surface area (Å²) in [5.41, 5.74) is 1.04. The second-order valence-electron chi connectivity index (χ2n) is 5.36. The molecule has 1 aromatic carbocycles. The van der Waals surface area contributed by atoms with Gasteiger partial charge in [0.1, 0.15) is 0 Å². The molecule has 1 heterocycles. The summed E-state index contributed by atoms with van der Waals surface area (Å²) in [5, 5.41) is 10.3. The summed E-state index contributed by atoms with van der Waals surface area (Å²) < 4.78 is 0. The van der Waals surface area contributed by atoms with E-state index < -0.39 is 0 Å². The molecule has 2 heteroatoms. The van der Waals surface area contributed by atoms with E-state index in [9.17, 15) is 5.11 Å². The molecule has 2 rings (SSSR count). The van der Waals surface area contributed by atoms with Gasteiger partial charge in [0.2, 0.25) is 0 Å². The van der Waals surface area contributed by atoms with Crippen LogP contribution in [0.2, 0.25) is 0 Å². The molecule has 0 radical (unpaired) electrons. The van der Waals surface area contributed by atoms with Gasteiger partial charge in [-0.05, 0) is 31.4 Å². The highest BCUT2D eigenvalue weighted by Crippen LogP contribution is 2.24. The predicted molar refractivity (Wildman–Crippen MR) is 75.5 cm³/mol. The fourth-order valence-corrected chi connectivity index (χ4v) is 2.96. The van der Waals surface area contributed by atoms with Crippen LogP contribution in [0.3, 0.4) is 0 Å². The Labute approximate surface area is 111 Å². The maximum Gasteiger partial charge on any atom is 0.0917 e. The molecule has 1 aliphatic heterocycles. The van der Waals surface area contributed by atoms with E-state index in [0.29, 0.717) is 6.04 Å². The average molecular weight is 247 g/mol. The van der Waals surface area contributed by atoms with Crippen molar-refractivity contribution in [3.63, 3.8) is 0 Å². The first-order valence-corrected chi connectivity index (χ1v) is 7.28. The highest BCUT2D eigenvalue weighted by molar-refractivity contribution is 5.17. The molecule has 2 unspecified atom stereocenters. The van der Waals surface area contributed by atoms with Crippen LogP contribution in [0.5, 0.6) is 0 Å². The topological polar surface area (TPSA) is 23.5 Å². The summed E-state index contributed by atoms with van der Waals surface area (Å²) in [4.78, 5) is 2.49. The van der Waals surface area contributed by atoms with Crippen LogP contribution in [0, 0.1) is 0 Å². The van der Waals surface area contributed by atoms with E-state index in [4.69, 9.17) is 0 Å². The minimum atomic E-state index is -0.344. The van der Waals surface area contributed by atoms with Crippen LogP contribution in [0.25, 0.3) is 0 Å². The summed E-state index contributed by atoms with van der Waals surface area (Å²) in [7, 11) is 0. The molecular weight excluding hydrogens is 222 g/mol. The summed E-state index contributed by atoms with van der Waals surface area (Å²) in [6, 6.07) is 10.7. The normalized spacial score (nSPS) is 22.9. The smallest absolute Gasteiger partial charge is 0.0917 e. The van der Waals surface area contributed by atoms with Crippen molar-refractivity contribution in [2.24, 2.45) is 0 Å². The van der Waals surface area contributed by atoms with Crippen LogP contribution in [0.1, 0.15) is 50.7 Å². The average Bonchev–Trinajstić information content (AvgIpc) is 2.42. The van der Waals surface area contributed by atoms with Crippen LogP contribution in [-0.4, -0.2) is 29.1 Å². The number of likely N-dealkylation sites (tertiary alicyclic amines) is 1. The van der Waals surface area contributed by atoms with Crippen molar-refractivity contribution >= 4 is 0 Å². The van der Waals surface area contributed by atoms with Gasteiger partial charge in [-0.25, -0.2) is 0 Å². The van der Waals surface area contributed by atoms with Gasteiger partial charge in [0.25, 0.3) is 0 Å². The van der Waals surface area contributed by atoms with E-state index in [1.165, 1.54) is 32.1 Å². The maximum absolute atomic E-state index is 10.3. The van der Waals surface area contributed by atoms with Gasteiger partial charge in [0.05, 0.1) is 6.10 Å². The number of β-amino-alcohol motifs (C(OH)–C–C–N with tert-alkyl or cyclic N) is 1. The first kappa shape index (κ1) is 13.6. The van der Waals surface area contributed by atoms with Gasteiger partial charge in [-0.1, -0.05) is 50.1 Å². The number of benzene rings is 1. The molecule has 0 bridgehead atoms. The molecule has 0 aromatic heterocycles. The number of aliphatic hydroxyl groups is 1. The highest BCUT2D eigenvalue weighted by atomic mass is 16.3. The highest BCUT2D eigenvalue weighted by Gasteiger charge is 2.23. The van der Waals surface area contributed by atoms with Gasteiger partial charge in [-0.2, -0.15) is 0 Å². The summed E-state index contributed by atoms with van der Waals surface area (Å²) in [5.74, 6) is 0. The molecule has 1 aliphatic rings. The lowest BCUT2D eigenvalue weighted by atomic mass is 9.97. The van der Waals surface area contributed by atoms with E-state index in [0.717, 1.165) is 18.7 Å². The maximum atomic E-state index is 10.3. The fourth-order valence-electron chi connectivity index (χ4n) is 2.96. The van der Waals surface area contributed by atoms with E-state index in [2.05, 4.69) is 11.8 Å². The molecule has 2 atom stereocenters. The first-order chi connectivity index (χ1) is 8.81. The third-order valence-corrected chi connectivity index (χ3v) is 3.96. The van der Waals surface area contributed by atoms with Crippen molar-refractivity contribution in [3.05, 3.63) is 35.9 Å². The Balaban J connectivity index is 1.94. The zero-order valence-electron chi connectivity index (χ0n) is 11.4. The Hall–Kier alpha value is -0.860. The Morgan fingerprint density at radius 1 is 1.28 bits per heavy atom. The Kier molecular flexibility index (Phi) is 5.21. The number of rotatable bonds is 5. The Morgan fingerprint density at radius 3 is 2.78 bits per heavy atom. The summed E-state index contributed by atoms with van der Waals surface area (Å²) >= 11 is 0. The number of hydrogen-bond acceptors (Lipinski definition) is 2. The lowest BCUT2D eigenvalue weighted by Crippen LogP contribution is -2.41. The van der Waals surface area contributed by atoms with Crippen LogP contribution >= 0.6 is 0 Å². The third-order valence-electron chi connectivity index (χ3n) is 3.96. The monoisotopic (exact) mass is 247 g/mol. The third kappa shape index (κ3) is 3.56. The predicted octanol–water partition coefficient (Wildman–Crippen LogP) is 3.37. The molecule has 1 fully saturated rings. The van der Waals surface area contributed by atoms with Crippen molar-refractivity contribution in [3.8, 4) is 0 Å². The van der Waals surface area contributed by atoms with Gasteiger partial charge in [-0.3, -0.25) is 4.90 Å². The number of piperidine rings is 1. The van der Waals surface area contributed by atoms with E-state index in [1.54, 1.807) is 0 Å². The summed E-state index contributed by atoms with van der Waals surface area (Å²) in [6.07, 6.45) is 6.09. The fraction of sp³-hybridized carbons (Fsp3) is 0.625. The SMILES string of the molecule is CCCC1CCCCN1CC(O)c1ccccc1. The zero-order valence-corrected chi connectivity index (χ0v) is 11.4. The molecule has 0 spiro atoms. The molecule has 0 aliphatic carbocycles. The second-order valence-corrected chi connectivity index (χ2v) is 5.36. The number of nitrogens with zero attached hydrogens (tertiary/aromatic N) is 1. The van der Waals surface area contributed by atoms with Crippen LogP contribution in [0.15, 0.2) is 30.3 Å². The van der Waals surface area contributed by atoms with Crippen molar-refractivity contribution in [2.75, 3.05) is 13.1 Å². The van der Waals surface area contributed by atoms with Gasteiger partial charge >= 0.3 is 0 Å². The largest absolute Gasteiger partial charge is 0.387 e. The zero-order chi connectivity index (χ0) is 12.8. The van der Waals surface area contributed by atoms with Crippen molar-refractivity contribution in [1.82, 2.24) is 4.90 Å². The molecule has 1 aromatic rings. The lowest BCUT2D eigenvalue weighted by molar-refractivity contribution is 0.0635. The van der Waals surface area contributed by atoms with Gasteiger partial charge in [0, 0.05) is 12.6 Å². The van der Waals surface area contributed by atoms with Crippen molar-refractivity contribution < 1.29 is 5.11 Å². The van der Waals surface area contributed by atoms with E-state index in [-0.39, 0.29) is 6.10 Å². The van der Waals surface area contributed by atoms with Crippen LogP contribution in [0.4, 0.5) is 0 Å². The standard InChI is InChI=1S/C16H25NO/c1-2-8-15-11-6-7-12-17(15)13-16(18)14-9-4-3-5-10-14/h3-5,9-10,15-16,18H,2,6-8,11-13H2,1H3. The molecule has 0 saturated carbocycles. The molecular formula is C16H25NO. The number of hydrogen-bond donors (Lipinski definition) is 1. The van der Waals surface area contributed by atoms with Crippen molar-refractivity contribution in [1.29, 1.82) is 0 Å². The quantitative estimate of drug-likeness (QED) is 0.862. The Bertz CT molecular complexity index is 336. The molecule has 2 nitrogen and oxygen atoms in total. The van der Waals surface area contributed by atoms with Crippen LogP contribution < -0.4 is 0 Å². The van der Waals surface area contributed by atoms with Gasteiger partial charge in [0.15, 0.2) is 0 Å². The summed E-state index contributed by atoms with van der Waals surface area (Å²) in [6.45, 7) is 4.18. The van der Waals surface area contributed by atoms with Crippen LogP contribution in [-0.2, 0) is 0 Å². The van der Waals surface area contributed by atoms with E-state index >= 15 is 0 Å². The molecule has 1 saturated heterocycles. The van der Waals surface area contributed by atoms with Gasteiger partial charge in [-0.15, -0.1) is 0 Å². The second kappa shape index (κ2) is 6.91. The van der Waals surface area contributed by atoms with Gasteiger partial charge < -0.3 is 5.11 Å². The molecule has 100 valence electrons. The molecule has 18 heavy (non-hydrogen) atoms. The minimum absolute atomic E-state index is 0.344. The van der Waals surface area contributed by atoms with E-state index in [1.807, 2.05) is 30.3 Å². The minimum Gasteiger partial charge on any atom is -0.387 e. The first-order valence-electron chi connectivity index (χ1n) is 7.28. The molecule has 1 N–H and O–H groups in total. The lowest BCUT2D eigenvalue weighted by Gasteiger charge is -2.37. The van der Waals surface area contributed by atoms with Crippen molar-refractivity contribution in [2.45, 2.75) is 51.2 Å². The Morgan fingerprint density at radius 2 is 2.06 bits per heavy atom.